The molecule has 0 bridgehead atoms. The normalized spacial score (nSPS) is 13.0. The summed E-state index contributed by atoms with van der Waals surface area (Å²) in [4.78, 5) is 38.2. The number of nitrogens with zero attached hydrogens (tertiary/aromatic N) is 1. The van der Waals surface area contributed by atoms with E-state index in [1.807, 2.05) is 6.07 Å². The summed E-state index contributed by atoms with van der Waals surface area (Å²) in [6.07, 6.45) is 0.197. The minimum Gasteiger partial charge on any atom is -0.496 e. The molecule has 3 rings (SSSR count). The number of ether oxygens (including phenoxy) is 3. The number of para-hydroxylation sites is 2. The lowest BCUT2D eigenvalue weighted by Crippen LogP contribution is -2.40. The van der Waals surface area contributed by atoms with E-state index >= 15 is 0 Å². The Morgan fingerprint density at radius 1 is 1.17 bits per heavy atom. The average Bonchev–Trinajstić information content (AvgIpc) is 2.90. The van der Waals surface area contributed by atoms with Gasteiger partial charge in [0.1, 0.15) is 23.6 Å². The van der Waals surface area contributed by atoms with E-state index in [0.717, 1.165) is 0 Å². The van der Waals surface area contributed by atoms with Gasteiger partial charge in [-0.2, -0.15) is 0 Å². The number of anilines is 1. The maximum Gasteiger partial charge on any atom is 0.341 e. The standard InChI is InChI=1S/C21H22N2O6/c1-27-17-8-7-14(11-15(17)21(26)28-2)12-22-19(24)13-23-16-5-3-4-6-18(16)29-10-9-20(23)25/h3-8,11H,9-10,12-13H2,1-2H3,(H,22,24). The fourth-order valence-electron chi connectivity index (χ4n) is 3.03. The summed E-state index contributed by atoms with van der Waals surface area (Å²) < 4.78 is 15.5. The highest BCUT2D eigenvalue weighted by atomic mass is 16.5. The van der Waals surface area contributed by atoms with Crippen LogP contribution >= 0.6 is 0 Å². The zero-order valence-corrected chi connectivity index (χ0v) is 16.3. The lowest BCUT2D eigenvalue weighted by atomic mass is 10.1. The summed E-state index contributed by atoms with van der Waals surface area (Å²) in [5, 5.41) is 2.77. The molecule has 29 heavy (non-hydrogen) atoms. The molecule has 152 valence electrons. The van der Waals surface area contributed by atoms with Gasteiger partial charge in [0.15, 0.2) is 0 Å². The second kappa shape index (κ2) is 9.09. The van der Waals surface area contributed by atoms with Crippen LogP contribution in [-0.2, 0) is 20.9 Å². The molecule has 2 amide bonds. The highest BCUT2D eigenvalue weighted by Crippen LogP contribution is 2.30. The summed E-state index contributed by atoms with van der Waals surface area (Å²) in [7, 11) is 2.75. The fourth-order valence-corrected chi connectivity index (χ4v) is 3.03. The van der Waals surface area contributed by atoms with Gasteiger partial charge in [-0.25, -0.2) is 4.79 Å². The van der Waals surface area contributed by atoms with Gasteiger partial charge in [-0.3, -0.25) is 14.5 Å². The van der Waals surface area contributed by atoms with Crippen molar-refractivity contribution in [1.82, 2.24) is 5.32 Å². The molecule has 2 aromatic carbocycles. The predicted molar refractivity (Wildman–Crippen MR) is 105 cm³/mol. The van der Waals surface area contributed by atoms with Crippen molar-refractivity contribution in [3.05, 3.63) is 53.6 Å². The second-order valence-electron chi connectivity index (χ2n) is 6.35. The van der Waals surface area contributed by atoms with Crippen molar-refractivity contribution in [2.45, 2.75) is 13.0 Å². The molecule has 0 aliphatic carbocycles. The first-order chi connectivity index (χ1) is 14.0. The number of amides is 2. The van der Waals surface area contributed by atoms with E-state index in [0.29, 0.717) is 22.7 Å². The summed E-state index contributed by atoms with van der Waals surface area (Å²) >= 11 is 0. The van der Waals surface area contributed by atoms with E-state index in [2.05, 4.69) is 5.32 Å². The molecule has 8 heteroatoms. The molecule has 0 atom stereocenters. The van der Waals surface area contributed by atoms with Crippen molar-refractivity contribution in [3.8, 4) is 11.5 Å². The summed E-state index contributed by atoms with van der Waals surface area (Å²) in [6.45, 7) is 0.336. The van der Waals surface area contributed by atoms with Crippen molar-refractivity contribution in [1.29, 1.82) is 0 Å². The van der Waals surface area contributed by atoms with E-state index in [1.54, 1.807) is 36.4 Å². The van der Waals surface area contributed by atoms with Crippen LogP contribution < -0.4 is 19.7 Å². The first kappa shape index (κ1) is 20.2. The molecule has 1 aliphatic rings. The highest BCUT2D eigenvalue weighted by Gasteiger charge is 2.25. The molecule has 0 aromatic heterocycles. The molecular formula is C21H22N2O6. The maximum atomic E-state index is 12.5. The molecule has 1 aliphatic heterocycles. The number of rotatable bonds is 6. The Morgan fingerprint density at radius 2 is 1.97 bits per heavy atom. The Hall–Kier alpha value is -3.55. The van der Waals surface area contributed by atoms with Crippen LogP contribution in [0.3, 0.4) is 0 Å². The molecule has 0 unspecified atom stereocenters. The van der Waals surface area contributed by atoms with Gasteiger partial charge in [0.2, 0.25) is 11.8 Å². The average molecular weight is 398 g/mol. The lowest BCUT2D eigenvalue weighted by molar-refractivity contribution is -0.124. The zero-order valence-electron chi connectivity index (χ0n) is 16.3. The third-order valence-corrected chi connectivity index (χ3v) is 4.49. The lowest BCUT2D eigenvalue weighted by Gasteiger charge is -2.21. The predicted octanol–water partition coefficient (Wildman–Crippen LogP) is 1.91. The Kier molecular flexibility index (Phi) is 6.33. The third kappa shape index (κ3) is 4.66. The highest BCUT2D eigenvalue weighted by molar-refractivity contribution is 6.00. The van der Waals surface area contributed by atoms with Crippen LogP contribution in [0.25, 0.3) is 0 Å². The first-order valence-electron chi connectivity index (χ1n) is 9.07. The second-order valence-corrected chi connectivity index (χ2v) is 6.35. The summed E-state index contributed by atoms with van der Waals surface area (Å²) in [5.41, 5.74) is 1.54. The molecular weight excluding hydrogens is 376 g/mol. The van der Waals surface area contributed by atoms with Crippen LogP contribution in [0.2, 0.25) is 0 Å². The minimum absolute atomic E-state index is 0.126. The Labute approximate surface area is 168 Å². The van der Waals surface area contributed by atoms with Crippen molar-refractivity contribution in [3.63, 3.8) is 0 Å². The Balaban J connectivity index is 1.69. The van der Waals surface area contributed by atoms with Crippen molar-refractivity contribution >= 4 is 23.5 Å². The van der Waals surface area contributed by atoms with Crippen molar-refractivity contribution in [2.75, 3.05) is 32.3 Å². The van der Waals surface area contributed by atoms with Gasteiger partial charge in [0.05, 0.1) is 32.9 Å². The van der Waals surface area contributed by atoms with Gasteiger partial charge in [-0.1, -0.05) is 18.2 Å². The van der Waals surface area contributed by atoms with Gasteiger partial charge in [0, 0.05) is 6.54 Å². The van der Waals surface area contributed by atoms with E-state index in [4.69, 9.17) is 14.2 Å². The molecule has 0 fully saturated rings. The Bertz CT molecular complexity index is 927. The van der Waals surface area contributed by atoms with Crippen LogP contribution in [0.15, 0.2) is 42.5 Å². The molecule has 8 nitrogen and oxygen atoms in total. The van der Waals surface area contributed by atoms with Crippen LogP contribution in [0.1, 0.15) is 22.3 Å². The van der Waals surface area contributed by atoms with Gasteiger partial charge in [-0.05, 0) is 29.8 Å². The van der Waals surface area contributed by atoms with Crippen LogP contribution in [0.4, 0.5) is 5.69 Å². The number of hydrogen-bond acceptors (Lipinski definition) is 6. The van der Waals surface area contributed by atoms with E-state index in [-0.39, 0.29) is 43.5 Å². The largest absolute Gasteiger partial charge is 0.496 e. The maximum absolute atomic E-state index is 12.5. The van der Waals surface area contributed by atoms with E-state index < -0.39 is 5.97 Å². The molecule has 2 aromatic rings. The number of methoxy groups -OCH3 is 2. The van der Waals surface area contributed by atoms with Gasteiger partial charge in [-0.15, -0.1) is 0 Å². The van der Waals surface area contributed by atoms with Crippen molar-refractivity contribution < 1.29 is 28.6 Å². The molecule has 0 radical (unpaired) electrons. The van der Waals surface area contributed by atoms with Gasteiger partial charge in [0.25, 0.3) is 0 Å². The number of fused-ring (bicyclic) bond motifs is 1. The van der Waals surface area contributed by atoms with Gasteiger partial charge < -0.3 is 19.5 Å². The number of hydrogen-bond donors (Lipinski definition) is 1. The van der Waals surface area contributed by atoms with Crippen LogP contribution in [0, 0.1) is 0 Å². The first-order valence-corrected chi connectivity index (χ1v) is 9.07. The van der Waals surface area contributed by atoms with Crippen LogP contribution in [-0.4, -0.2) is 45.2 Å². The SMILES string of the molecule is COC(=O)c1cc(CNC(=O)CN2C(=O)CCOc3ccccc32)ccc1OC. The number of esters is 1. The molecule has 1 heterocycles. The number of carbonyl (C=O) groups is 3. The quantitative estimate of drug-likeness (QED) is 0.747. The van der Waals surface area contributed by atoms with Crippen LogP contribution in [0.5, 0.6) is 11.5 Å². The number of benzene rings is 2. The summed E-state index contributed by atoms with van der Waals surface area (Å²) in [5.74, 6) is -0.0717. The monoisotopic (exact) mass is 398 g/mol. The topological polar surface area (TPSA) is 94.2 Å². The molecule has 1 N–H and O–H groups in total. The minimum atomic E-state index is -0.526. The fraction of sp³-hybridized carbons (Fsp3) is 0.286. The van der Waals surface area contributed by atoms with Gasteiger partial charge >= 0.3 is 5.97 Å². The smallest absolute Gasteiger partial charge is 0.341 e. The molecule has 0 saturated carbocycles. The zero-order chi connectivity index (χ0) is 20.8. The van der Waals surface area contributed by atoms with E-state index in [1.165, 1.54) is 19.1 Å². The third-order valence-electron chi connectivity index (χ3n) is 4.49. The van der Waals surface area contributed by atoms with E-state index in [9.17, 15) is 14.4 Å². The van der Waals surface area contributed by atoms with Crippen molar-refractivity contribution in [2.24, 2.45) is 0 Å². The summed E-state index contributed by atoms with van der Waals surface area (Å²) in [6, 6.07) is 12.1. The number of carbonyl (C=O) groups excluding carboxylic acids is 3. The Morgan fingerprint density at radius 3 is 2.72 bits per heavy atom. The molecule has 0 spiro atoms. The number of nitrogens with one attached hydrogen (secondary N) is 1. The molecule has 0 saturated heterocycles.